The van der Waals surface area contributed by atoms with Crippen molar-refractivity contribution in [1.82, 2.24) is 0 Å². The second kappa shape index (κ2) is 9.12. The fourth-order valence-electron chi connectivity index (χ4n) is 2.67. The summed E-state index contributed by atoms with van der Waals surface area (Å²) < 4.78 is 0. The molecule has 1 rings (SSSR count). The SMILES string of the molecule is O=C(O)CCCCC(=O)CCC1C=CC(=O)C1CCC(=O)O. The first kappa shape index (κ1) is 18.1. The Labute approximate surface area is 129 Å². The molecule has 0 amide bonds. The van der Waals surface area contributed by atoms with Crippen molar-refractivity contribution in [3.8, 4) is 0 Å². The number of unbranched alkanes of at least 4 members (excludes halogenated alkanes) is 1. The van der Waals surface area contributed by atoms with Crippen LogP contribution >= 0.6 is 0 Å². The molecule has 0 spiro atoms. The predicted molar refractivity (Wildman–Crippen MR) is 78.3 cm³/mol. The number of Topliss-reactive ketones (excluding diaryl/α,β-unsaturated/α-hetero) is 1. The summed E-state index contributed by atoms with van der Waals surface area (Å²) in [4.78, 5) is 44.4. The average molecular weight is 310 g/mol. The molecule has 2 N–H and O–H groups in total. The molecule has 0 saturated heterocycles. The molecule has 0 radical (unpaired) electrons. The van der Waals surface area contributed by atoms with E-state index in [1.165, 1.54) is 6.08 Å². The number of carboxylic acids is 2. The topological polar surface area (TPSA) is 109 Å². The molecule has 0 bridgehead atoms. The van der Waals surface area contributed by atoms with Gasteiger partial charge in [0.2, 0.25) is 0 Å². The Hall–Kier alpha value is -1.98. The summed E-state index contributed by atoms with van der Waals surface area (Å²) in [6.07, 6.45) is 5.89. The van der Waals surface area contributed by atoms with E-state index in [0.29, 0.717) is 38.5 Å². The highest BCUT2D eigenvalue weighted by Gasteiger charge is 2.30. The number of rotatable bonds is 11. The van der Waals surface area contributed by atoms with E-state index < -0.39 is 11.9 Å². The molecular formula is C16H22O6. The molecule has 0 fully saturated rings. The molecule has 0 aliphatic heterocycles. The molecule has 0 aromatic rings. The minimum Gasteiger partial charge on any atom is -0.481 e. The van der Waals surface area contributed by atoms with Gasteiger partial charge in [-0.2, -0.15) is 0 Å². The standard InChI is InChI=1S/C16H22O6/c17-12(3-1-2-4-15(19)20)7-5-11-6-9-14(18)13(11)8-10-16(21)22/h6,9,11,13H,1-5,7-8,10H2,(H,19,20)(H,21,22). The van der Waals surface area contributed by atoms with E-state index in [9.17, 15) is 19.2 Å². The predicted octanol–water partition coefficient (Wildman–Crippen LogP) is 2.22. The van der Waals surface area contributed by atoms with Crippen LogP contribution in [-0.2, 0) is 19.2 Å². The molecule has 22 heavy (non-hydrogen) atoms. The second-order valence-corrected chi connectivity index (χ2v) is 5.64. The van der Waals surface area contributed by atoms with Crippen molar-refractivity contribution in [2.75, 3.05) is 0 Å². The van der Waals surface area contributed by atoms with Crippen molar-refractivity contribution in [3.05, 3.63) is 12.2 Å². The van der Waals surface area contributed by atoms with Crippen molar-refractivity contribution >= 4 is 23.5 Å². The van der Waals surface area contributed by atoms with Crippen LogP contribution in [0.1, 0.15) is 51.4 Å². The van der Waals surface area contributed by atoms with E-state index in [4.69, 9.17) is 10.2 Å². The van der Waals surface area contributed by atoms with E-state index in [2.05, 4.69) is 0 Å². The summed E-state index contributed by atoms with van der Waals surface area (Å²) in [5.74, 6) is -2.16. The molecule has 2 atom stereocenters. The third-order valence-corrected chi connectivity index (χ3v) is 3.91. The highest BCUT2D eigenvalue weighted by molar-refractivity contribution is 5.94. The van der Waals surface area contributed by atoms with Gasteiger partial charge in [-0.25, -0.2) is 0 Å². The first-order valence-corrected chi connectivity index (χ1v) is 7.57. The van der Waals surface area contributed by atoms with Crippen LogP contribution in [0, 0.1) is 11.8 Å². The Bertz CT molecular complexity index is 465. The normalized spacial score (nSPS) is 20.3. The summed E-state index contributed by atoms with van der Waals surface area (Å²) in [7, 11) is 0. The van der Waals surface area contributed by atoms with Gasteiger partial charge in [-0.1, -0.05) is 6.08 Å². The number of aliphatic carboxylic acids is 2. The van der Waals surface area contributed by atoms with Crippen LogP contribution in [0.2, 0.25) is 0 Å². The van der Waals surface area contributed by atoms with Crippen molar-refractivity contribution < 1.29 is 29.4 Å². The minimum atomic E-state index is -0.923. The van der Waals surface area contributed by atoms with Crippen LogP contribution in [-0.4, -0.2) is 33.7 Å². The monoisotopic (exact) mass is 310 g/mol. The zero-order valence-corrected chi connectivity index (χ0v) is 12.5. The van der Waals surface area contributed by atoms with Crippen LogP contribution in [0.5, 0.6) is 0 Å². The van der Waals surface area contributed by atoms with Gasteiger partial charge in [-0.05, 0) is 37.7 Å². The Balaban J connectivity index is 2.28. The first-order valence-electron chi connectivity index (χ1n) is 7.57. The molecule has 1 aliphatic carbocycles. The fraction of sp³-hybridized carbons (Fsp3) is 0.625. The summed E-state index contributed by atoms with van der Waals surface area (Å²) in [5, 5.41) is 17.2. The molecule has 6 nitrogen and oxygen atoms in total. The highest BCUT2D eigenvalue weighted by Crippen LogP contribution is 2.30. The first-order chi connectivity index (χ1) is 10.4. The summed E-state index contributed by atoms with van der Waals surface area (Å²) in [6, 6.07) is 0. The Morgan fingerprint density at radius 2 is 1.55 bits per heavy atom. The number of ketones is 2. The zero-order valence-electron chi connectivity index (χ0n) is 12.5. The van der Waals surface area contributed by atoms with Gasteiger partial charge in [0, 0.05) is 31.6 Å². The van der Waals surface area contributed by atoms with E-state index in [0.717, 1.165) is 0 Å². The quantitative estimate of drug-likeness (QED) is 0.566. The number of hydrogen-bond donors (Lipinski definition) is 2. The van der Waals surface area contributed by atoms with Crippen LogP contribution in [0.15, 0.2) is 12.2 Å². The fourth-order valence-corrected chi connectivity index (χ4v) is 2.67. The number of carbonyl (C=O) groups excluding carboxylic acids is 2. The Morgan fingerprint density at radius 1 is 0.909 bits per heavy atom. The summed E-state index contributed by atoms with van der Waals surface area (Å²) in [5.41, 5.74) is 0. The van der Waals surface area contributed by atoms with Gasteiger partial charge in [0.1, 0.15) is 5.78 Å². The van der Waals surface area contributed by atoms with Gasteiger partial charge in [0.25, 0.3) is 0 Å². The molecular weight excluding hydrogens is 288 g/mol. The summed E-state index contributed by atoms with van der Waals surface area (Å²) in [6.45, 7) is 0. The van der Waals surface area contributed by atoms with Crippen molar-refractivity contribution in [2.45, 2.75) is 51.4 Å². The lowest BCUT2D eigenvalue weighted by Gasteiger charge is -2.16. The molecule has 0 aromatic heterocycles. The van der Waals surface area contributed by atoms with E-state index >= 15 is 0 Å². The third-order valence-electron chi connectivity index (χ3n) is 3.91. The van der Waals surface area contributed by atoms with E-state index in [-0.39, 0.29) is 36.2 Å². The van der Waals surface area contributed by atoms with Crippen molar-refractivity contribution in [1.29, 1.82) is 0 Å². The largest absolute Gasteiger partial charge is 0.481 e. The van der Waals surface area contributed by atoms with Gasteiger partial charge >= 0.3 is 11.9 Å². The highest BCUT2D eigenvalue weighted by atomic mass is 16.4. The molecule has 0 aromatic carbocycles. The van der Waals surface area contributed by atoms with Crippen LogP contribution in [0.4, 0.5) is 0 Å². The van der Waals surface area contributed by atoms with Crippen molar-refractivity contribution in [3.63, 3.8) is 0 Å². The lowest BCUT2D eigenvalue weighted by molar-refractivity contribution is -0.138. The molecule has 0 heterocycles. The molecule has 122 valence electrons. The number of allylic oxidation sites excluding steroid dienone is 2. The number of carbonyl (C=O) groups is 4. The lowest BCUT2D eigenvalue weighted by atomic mass is 9.86. The Morgan fingerprint density at radius 3 is 2.18 bits per heavy atom. The number of hydrogen-bond acceptors (Lipinski definition) is 4. The van der Waals surface area contributed by atoms with Gasteiger partial charge in [-0.15, -0.1) is 0 Å². The molecule has 0 saturated carbocycles. The maximum absolute atomic E-state index is 11.7. The summed E-state index contributed by atoms with van der Waals surface area (Å²) >= 11 is 0. The third kappa shape index (κ3) is 6.65. The van der Waals surface area contributed by atoms with Gasteiger partial charge in [-0.3, -0.25) is 19.2 Å². The average Bonchev–Trinajstić information content (AvgIpc) is 2.79. The molecule has 2 unspecified atom stereocenters. The maximum Gasteiger partial charge on any atom is 0.303 e. The van der Waals surface area contributed by atoms with Gasteiger partial charge in [0.15, 0.2) is 5.78 Å². The van der Waals surface area contributed by atoms with E-state index in [1.807, 2.05) is 0 Å². The molecule has 1 aliphatic rings. The lowest BCUT2D eigenvalue weighted by Crippen LogP contribution is -2.18. The van der Waals surface area contributed by atoms with Crippen molar-refractivity contribution in [2.24, 2.45) is 11.8 Å². The second-order valence-electron chi connectivity index (χ2n) is 5.64. The zero-order chi connectivity index (χ0) is 16.5. The van der Waals surface area contributed by atoms with Gasteiger partial charge in [0.05, 0.1) is 0 Å². The minimum absolute atomic E-state index is 0.0439. The van der Waals surface area contributed by atoms with Crippen LogP contribution in [0.3, 0.4) is 0 Å². The maximum atomic E-state index is 11.7. The molecule has 6 heteroatoms. The number of carboxylic acid groups (broad SMARTS) is 2. The van der Waals surface area contributed by atoms with Crippen LogP contribution < -0.4 is 0 Å². The smallest absolute Gasteiger partial charge is 0.303 e. The Kier molecular flexibility index (Phi) is 7.49. The van der Waals surface area contributed by atoms with E-state index in [1.54, 1.807) is 6.08 Å². The van der Waals surface area contributed by atoms with Crippen LogP contribution in [0.25, 0.3) is 0 Å². The van der Waals surface area contributed by atoms with Gasteiger partial charge < -0.3 is 10.2 Å².